The van der Waals surface area contributed by atoms with Gasteiger partial charge in [-0.1, -0.05) is 0 Å². The largest absolute Gasteiger partial charge is 0.465 e. The summed E-state index contributed by atoms with van der Waals surface area (Å²) in [5.41, 5.74) is -0.483. The molecule has 10 heteroatoms. The highest BCUT2D eigenvalue weighted by Gasteiger charge is 2.27. The van der Waals surface area contributed by atoms with E-state index in [4.69, 9.17) is 5.11 Å². The molecule has 24 heavy (non-hydrogen) atoms. The number of nitro groups is 1. The Morgan fingerprint density at radius 2 is 2.25 bits per heavy atom. The van der Waals surface area contributed by atoms with Crippen LogP contribution in [-0.4, -0.2) is 56.2 Å². The van der Waals surface area contributed by atoms with Gasteiger partial charge in [0.15, 0.2) is 0 Å². The zero-order valence-electron chi connectivity index (χ0n) is 13.9. The number of carboxylic acid groups (broad SMARTS) is 1. The summed E-state index contributed by atoms with van der Waals surface area (Å²) >= 11 is 0. The third-order valence-corrected chi connectivity index (χ3v) is 3.57. The van der Waals surface area contributed by atoms with Gasteiger partial charge in [0, 0.05) is 25.2 Å². The number of likely N-dealkylation sites (tertiary alicyclic amines) is 1. The monoisotopic (exact) mass is 338 g/mol. The van der Waals surface area contributed by atoms with E-state index < -0.39 is 11.0 Å². The van der Waals surface area contributed by atoms with E-state index in [2.05, 4.69) is 20.6 Å². The minimum atomic E-state index is -0.942. The van der Waals surface area contributed by atoms with Gasteiger partial charge in [-0.25, -0.2) is 9.78 Å². The molecular weight excluding hydrogens is 316 g/mol. The predicted octanol–water partition coefficient (Wildman–Crippen LogP) is 2.01. The van der Waals surface area contributed by atoms with Crippen LogP contribution in [0.25, 0.3) is 0 Å². The van der Waals surface area contributed by atoms with E-state index in [0.717, 1.165) is 0 Å². The van der Waals surface area contributed by atoms with Crippen LogP contribution in [0.3, 0.4) is 0 Å². The zero-order chi connectivity index (χ0) is 17.9. The maximum atomic E-state index is 11.1. The number of aromatic nitrogens is 2. The lowest BCUT2D eigenvalue weighted by atomic mass is 10.1. The molecule has 0 aliphatic carbocycles. The summed E-state index contributed by atoms with van der Waals surface area (Å²) in [6.07, 6.45) is 0.939. The van der Waals surface area contributed by atoms with Crippen molar-refractivity contribution in [3.8, 4) is 0 Å². The highest BCUT2D eigenvalue weighted by atomic mass is 16.6. The molecule has 1 fully saturated rings. The Labute approximate surface area is 139 Å². The molecule has 2 rings (SSSR count). The Hall–Kier alpha value is -2.65. The number of carbonyl (C=O) groups is 1. The van der Waals surface area contributed by atoms with Gasteiger partial charge in [-0.2, -0.15) is 4.98 Å². The number of hydrogen-bond acceptors (Lipinski definition) is 7. The normalized spacial score (nSPS) is 17.6. The van der Waals surface area contributed by atoms with Crippen LogP contribution >= 0.6 is 0 Å². The molecule has 1 saturated heterocycles. The van der Waals surface area contributed by atoms with Gasteiger partial charge in [0.2, 0.25) is 11.8 Å². The molecule has 1 amide bonds. The Kier molecular flexibility index (Phi) is 5.05. The molecule has 1 aromatic rings. The first-order valence-corrected chi connectivity index (χ1v) is 7.67. The van der Waals surface area contributed by atoms with Crippen LogP contribution in [0.4, 0.5) is 22.2 Å². The average Bonchev–Trinajstić information content (AvgIpc) is 2.92. The molecule has 1 unspecified atom stereocenters. The second-order valence-corrected chi connectivity index (χ2v) is 6.82. The molecule has 0 radical (unpaired) electrons. The van der Waals surface area contributed by atoms with Crippen molar-refractivity contribution in [2.45, 2.75) is 32.7 Å². The SMILES string of the molecule is CC(C)(C)Nc1ncc([N+](=O)[O-])c(NCC2CCN(C(=O)O)C2)n1. The van der Waals surface area contributed by atoms with Gasteiger partial charge in [0.25, 0.3) is 0 Å². The molecule has 0 aromatic carbocycles. The van der Waals surface area contributed by atoms with Crippen molar-refractivity contribution in [1.29, 1.82) is 0 Å². The first-order chi connectivity index (χ1) is 11.2. The molecule has 1 aliphatic heterocycles. The van der Waals surface area contributed by atoms with E-state index in [9.17, 15) is 14.9 Å². The lowest BCUT2D eigenvalue weighted by Crippen LogP contribution is -2.28. The minimum Gasteiger partial charge on any atom is -0.465 e. The standard InChI is InChI=1S/C14H22N6O4/c1-14(2,3)18-12-16-7-10(20(23)24)11(17-12)15-6-9-4-5-19(8-9)13(21)22/h7,9H,4-6,8H2,1-3H3,(H,21,22)(H2,15,16,17,18). The summed E-state index contributed by atoms with van der Waals surface area (Å²) < 4.78 is 0. The highest BCUT2D eigenvalue weighted by Crippen LogP contribution is 2.24. The minimum absolute atomic E-state index is 0.0923. The van der Waals surface area contributed by atoms with E-state index >= 15 is 0 Å². The average molecular weight is 338 g/mol. The van der Waals surface area contributed by atoms with Crippen molar-refractivity contribution >= 4 is 23.5 Å². The fourth-order valence-corrected chi connectivity index (χ4v) is 2.45. The third-order valence-electron chi connectivity index (χ3n) is 3.57. The van der Waals surface area contributed by atoms with Crippen LogP contribution in [0.5, 0.6) is 0 Å². The maximum absolute atomic E-state index is 11.1. The molecular formula is C14H22N6O4. The number of hydrogen-bond donors (Lipinski definition) is 3. The summed E-state index contributed by atoms with van der Waals surface area (Å²) in [6.45, 7) is 7.10. The summed E-state index contributed by atoms with van der Waals surface area (Å²) in [6, 6.07) is 0. The van der Waals surface area contributed by atoms with Crippen molar-refractivity contribution in [3.05, 3.63) is 16.3 Å². The Morgan fingerprint density at radius 3 is 2.79 bits per heavy atom. The summed E-state index contributed by atoms with van der Waals surface area (Å²) in [5, 5.41) is 26.1. The first kappa shape index (κ1) is 17.7. The number of amides is 1. The van der Waals surface area contributed by atoms with E-state index in [-0.39, 0.29) is 23.0 Å². The smallest absolute Gasteiger partial charge is 0.407 e. The van der Waals surface area contributed by atoms with Crippen molar-refractivity contribution in [2.75, 3.05) is 30.3 Å². The fourth-order valence-electron chi connectivity index (χ4n) is 2.45. The van der Waals surface area contributed by atoms with Crippen molar-refractivity contribution in [3.63, 3.8) is 0 Å². The number of nitrogens with zero attached hydrogens (tertiary/aromatic N) is 4. The molecule has 1 atom stereocenters. The number of nitrogens with one attached hydrogen (secondary N) is 2. The molecule has 0 saturated carbocycles. The van der Waals surface area contributed by atoms with E-state index in [1.165, 1.54) is 11.1 Å². The molecule has 10 nitrogen and oxygen atoms in total. The van der Waals surface area contributed by atoms with E-state index in [0.29, 0.717) is 32.0 Å². The lowest BCUT2D eigenvalue weighted by molar-refractivity contribution is -0.384. The van der Waals surface area contributed by atoms with E-state index in [1.807, 2.05) is 20.8 Å². The van der Waals surface area contributed by atoms with Crippen LogP contribution in [0, 0.1) is 16.0 Å². The Morgan fingerprint density at radius 1 is 1.54 bits per heavy atom. The van der Waals surface area contributed by atoms with Crippen LogP contribution < -0.4 is 10.6 Å². The first-order valence-electron chi connectivity index (χ1n) is 7.67. The van der Waals surface area contributed by atoms with Crippen LogP contribution in [-0.2, 0) is 0 Å². The van der Waals surface area contributed by atoms with Gasteiger partial charge in [0.05, 0.1) is 4.92 Å². The summed E-state index contributed by atoms with van der Waals surface area (Å²) in [5.74, 6) is 0.527. The predicted molar refractivity (Wildman–Crippen MR) is 88.3 cm³/mol. The highest BCUT2D eigenvalue weighted by molar-refractivity contribution is 5.65. The molecule has 1 aliphatic rings. The molecule has 0 bridgehead atoms. The van der Waals surface area contributed by atoms with Gasteiger partial charge in [-0.05, 0) is 33.1 Å². The fraction of sp³-hybridized carbons (Fsp3) is 0.643. The quantitative estimate of drug-likeness (QED) is 0.548. The van der Waals surface area contributed by atoms with Gasteiger partial charge >= 0.3 is 11.8 Å². The van der Waals surface area contributed by atoms with Crippen molar-refractivity contribution in [2.24, 2.45) is 5.92 Å². The van der Waals surface area contributed by atoms with Crippen LogP contribution in [0.1, 0.15) is 27.2 Å². The molecule has 2 heterocycles. The van der Waals surface area contributed by atoms with Crippen molar-refractivity contribution in [1.82, 2.24) is 14.9 Å². The van der Waals surface area contributed by atoms with Crippen molar-refractivity contribution < 1.29 is 14.8 Å². The third kappa shape index (κ3) is 4.67. The second kappa shape index (κ2) is 6.85. The maximum Gasteiger partial charge on any atom is 0.407 e. The zero-order valence-corrected chi connectivity index (χ0v) is 13.9. The summed E-state index contributed by atoms with van der Waals surface area (Å²) in [4.78, 5) is 31.0. The molecule has 1 aromatic heterocycles. The topological polar surface area (TPSA) is 134 Å². The molecule has 0 spiro atoms. The number of rotatable bonds is 5. The van der Waals surface area contributed by atoms with Crippen LogP contribution in [0.2, 0.25) is 0 Å². The molecule has 3 N–H and O–H groups in total. The Bertz CT molecular complexity index is 630. The number of anilines is 2. The van der Waals surface area contributed by atoms with Gasteiger partial charge in [0.1, 0.15) is 6.20 Å². The van der Waals surface area contributed by atoms with Crippen LogP contribution in [0.15, 0.2) is 6.20 Å². The second-order valence-electron chi connectivity index (χ2n) is 6.82. The Balaban J connectivity index is 2.08. The van der Waals surface area contributed by atoms with Gasteiger partial charge < -0.3 is 20.6 Å². The summed E-state index contributed by atoms with van der Waals surface area (Å²) in [7, 11) is 0. The lowest BCUT2D eigenvalue weighted by Gasteiger charge is -2.20. The van der Waals surface area contributed by atoms with Gasteiger partial charge in [-0.3, -0.25) is 10.1 Å². The van der Waals surface area contributed by atoms with E-state index in [1.54, 1.807) is 0 Å². The van der Waals surface area contributed by atoms with Gasteiger partial charge in [-0.15, -0.1) is 0 Å². The molecule has 132 valence electrons.